The van der Waals surface area contributed by atoms with Crippen LogP contribution in [0.3, 0.4) is 0 Å². The molecule has 2 aliphatic rings. The van der Waals surface area contributed by atoms with Crippen LogP contribution in [0.1, 0.15) is 38.2 Å². The molecule has 0 radical (unpaired) electrons. The van der Waals surface area contributed by atoms with Crippen molar-refractivity contribution in [3.05, 3.63) is 66.2 Å². The van der Waals surface area contributed by atoms with E-state index in [1.807, 2.05) is 60.7 Å². The molecule has 172 valence electrons. The number of para-hydroxylation sites is 1. The van der Waals surface area contributed by atoms with Gasteiger partial charge in [-0.15, -0.1) is 0 Å². The van der Waals surface area contributed by atoms with E-state index in [1.165, 1.54) is 6.92 Å². The topological polar surface area (TPSA) is 84.0 Å². The fourth-order valence-corrected chi connectivity index (χ4v) is 4.70. The summed E-state index contributed by atoms with van der Waals surface area (Å²) in [7, 11) is 0. The molecule has 7 nitrogen and oxygen atoms in total. The number of carbonyl (C=O) groups excluding carboxylic acids is 4. The number of hydrogen-bond donors (Lipinski definition) is 0. The molecule has 0 spiro atoms. The zero-order valence-electron chi connectivity index (χ0n) is 18.7. The molecule has 0 aromatic heterocycles. The van der Waals surface area contributed by atoms with Gasteiger partial charge in [-0.1, -0.05) is 61.4 Å². The normalized spacial score (nSPS) is 20.8. The number of anilines is 1. The molecule has 1 heterocycles. The molecule has 1 aliphatic heterocycles. The van der Waals surface area contributed by atoms with Crippen LogP contribution in [0.4, 0.5) is 5.69 Å². The molecule has 2 fully saturated rings. The molecular formula is C26H28N2O5. The number of carbonyl (C=O) groups is 4. The van der Waals surface area contributed by atoms with Crippen molar-refractivity contribution in [1.29, 1.82) is 0 Å². The molecule has 2 aromatic carbocycles. The standard InChI is InChI=1S/C26H28N2O5/c1-18(28-24(30)21-14-8-9-15-22(21)25(28)31)26(32)33-17-23(29)27(20-12-6-3-7-13-20)16-19-10-4-2-5-11-19/h2-7,10-13,18,21-22H,8-9,14-17H2,1H3/t18-,21?,22?/m0/s1. The van der Waals surface area contributed by atoms with E-state index in [9.17, 15) is 19.2 Å². The van der Waals surface area contributed by atoms with E-state index in [0.29, 0.717) is 25.1 Å². The highest BCUT2D eigenvalue weighted by atomic mass is 16.5. The van der Waals surface area contributed by atoms with Crippen LogP contribution in [-0.2, 0) is 30.5 Å². The zero-order valence-corrected chi connectivity index (χ0v) is 18.7. The molecular weight excluding hydrogens is 420 g/mol. The number of benzene rings is 2. The third-order valence-corrected chi connectivity index (χ3v) is 6.49. The summed E-state index contributed by atoms with van der Waals surface area (Å²) in [4.78, 5) is 53.8. The lowest BCUT2D eigenvalue weighted by atomic mass is 9.81. The van der Waals surface area contributed by atoms with Crippen LogP contribution in [0.15, 0.2) is 60.7 Å². The van der Waals surface area contributed by atoms with Crippen LogP contribution >= 0.6 is 0 Å². The Morgan fingerprint density at radius 3 is 2.06 bits per heavy atom. The summed E-state index contributed by atoms with van der Waals surface area (Å²) >= 11 is 0. The minimum Gasteiger partial charge on any atom is -0.454 e. The third kappa shape index (κ3) is 4.82. The van der Waals surface area contributed by atoms with E-state index in [0.717, 1.165) is 23.3 Å². The Bertz CT molecular complexity index is 999. The number of likely N-dealkylation sites (tertiary alicyclic amines) is 1. The molecule has 0 N–H and O–H groups in total. The van der Waals surface area contributed by atoms with Gasteiger partial charge in [-0.05, 0) is 37.5 Å². The second-order valence-electron chi connectivity index (χ2n) is 8.63. The van der Waals surface area contributed by atoms with Gasteiger partial charge in [-0.3, -0.25) is 19.3 Å². The molecule has 2 unspecified atom stereocenters. The molecule has 0 bridgehead atoms. The summed E-state index contributed by atoms with van der Waals surface area (Å²) < 4.78 is 5.29. The highest BCUT2D eigenvalue weighted by molar-refractivity contribution is 6.08. The number of fused-ring (bicyclic) bond motifs is 1. The molecule has 1 aliphatic carbocycles. The van der Waals surface area contributed by atoms with Crippen molar-refractivity contribution in [1.82, 2.24) is 4.90 Å². The fraction of sp³-hybridized carbons (Fsp3) is 0.385. The Balaban J connectivity index is 1.42. The Labute approximate surface area is 193 Å². The van der Waals surface area contributed by atoms with E-state index >= 15 is 0 Å². The lowest BCUT2D eigenvalue weighted by Gasteiger charge is -2.24. The van der Waals surface area contributed by atoms with Crippen molar-refractivity contribution < 1.29 is 23.9 Å². The molecule has 33 heavy (non-hydrogen) atoms. The second kappa shape index (κ2) is 9.98. The van der Waals surface area contributed by atoms with Gasteiger partial charge in [0.25, 0.3) is 5.91 Å². The van der Waals surface area contributed by atoms with Crippen molar-refractivity contribution in [3.8, 4) is 0 Å². The number of nitrogens with zero attached hydrogens (tertiary/aromatic N) is 2. The Kier molecular flexibility index (Phi) is 6.87. The predicted molar refractivity (Wildman–Crippen MR) is 122 cm³/mol. The maximum atomic E-state index is 13.0. The van der Waals surface area contributed by atoms with Crippen LogP contribution in [0.5, 0.6) is 0 Å². The zero-order chi connectivity index (χ0) is 23.4. The van der Waals surface area contributed by atoms with E-state index in [4.69, 9.17) is 4.74 Å². The van der Waals surface area contributed by atoms with Crippen molar-refractivity contribution in [2.24, 2.45) is 11.8 Å². The van der Waals surface area contributed by atoms with Gasteiger partial charge >= 0.3 is 5.97 Å². The van der Waals surface area contributed by atoms with Crippen molar-refractivity contribution >= 4 is 29.4 Å². The van der Waals surface area contributed by atoms with Crippen LogP contribution in [0.2, 0.25) is 0 Å². The Morgan fingerprint density at radius 2 is 1.48 bits per heavy atom. The maximum Gasteiger partial charge on any atom is 0.329 e. The van der Waals surface area contributed by atoms with E-state index in [1.54, 1.807) is 4.90 Å². The summed E-state index contributed by atoms with van der Waals surface area (Å²) in [6.45, 7) is 1.33. The van der Waals surface area contributed by atoms with Gasteiger partial charge < -0.3 is 9.64 Å². The lowest BCUT2D eigenvalue weighted by Crippen LogP contribution is -2.45. The first kappa shape index (κ1) is 22.7. The third-order valence-electron chi connectivity index (χ3n) is 6.49. The number of imide groups is 1. The molecule has 1 saturated heterocycles. The number of hydrogen-bond acceptors (Lipinski definition) is 5. The maximum absolute atomic E-state index is 13.0. The van der Waals surface area contributed by atoms with Crippen LogP contribution in [0, 0.1) is 11.8 Å². The summed E-state index contributed by atoms with van der Waals surface area (Å²) in [6.07, 6.45) is 3.19. The van der Waals surface area contributed by atoms with Gasteiger partial charge in [0, 0.05) is 5.69 Å². The summed E-state index contributed by atoms with van der Waals surface area (Å²) in [5, 5.41) is 0. The van der Waals surface area contributed by atoms with Crippen LogP contribution < -0.4 is 4.90 Å². The van der Waals surface area contributed by atoms with Gasteiger partial charge in [-0.2, -0.15) is 0 Å². The molecule has 1 saturated carbocycles. The number of amides is 3. The van der Waals surface area contributed by atoms with Crippen molar-refractivity contribution in [2.75, 3.05) is 11.5 Å². The summed E-state index contributed by atoms with van der Waals surface area (Å²) in [6, 6.07) is 17.6. The average molecular weight is 449 g/mol. The quantitative estimate of drug-likeness (QED) is 0.479. The molecule has 3 atom stereocenters. The first-order valence-electron chi connectivity index (χ1n) is 11.4. The van der Waals surface area contributed by atoms with Crippen molar-refractivity contribution in [3.63, 3.8) is 0 Å². The monoisotopic (exact) mass is 448 g/mol. The SMILES string of the molecule is C[C@@H](C(=O)OCC(=O)N(Cc1ccccc1)c1ccccc1)N1C(=O)C2CCCCC2C1=O. The smallest absolute Gasteiger partial charge is 0.329 e. The Hall–Kier alpha value is -3.48. The highest BCUT2D eigenvalue weighted by Crippen LogP contribution is 2.38. The van der Waals surface area contributed by atoms with Crippen LogP contribution in [0.25, 0.3) is 0 Å². The van der Waals surface area contributed by atoms with Gasteiger partial charge in [0.2, 0.25) is 11.8 Å². The van der Waals surface area contributed by atoms with Gasteiger partial charge in [0.05, 0.1) is 18.4 Å². The largest absolute Gasteiger partial charge is 0.454 e. The minimum atomic E-state index is -1.05. The number of esters is 1. The molecule has 7 heteroatoms. The van der Waals surface area contributed by atoms with Gasteiger partial charge in [0.1, 0.15) is 6.04 Å². The first-order chi connectivity index (χ1) is 16.0. The van der Waals surface area contributed by atoms with Crippen molar-refractivity contribution in [2.45, 2.75) is 45.2 Å². The molecule has 4 rings (SSSR count). The number of rotatable bonds is 7. The van der Waals surface area contributed by atoms with E-state index in [2.05, 4.69) is 0 Å². The second-order valence-corrected chi connectivity index (χ2v) is 8.63. The average Bonchev–Trinajstić information content (AvgIpc) is 3.11. The van der Waals surface area contributed by atoms with E-state index < -0.39 is 24.5 Å². The fourth-order valence-electron chi connectivity index (χ4n) is 4.70. The summed E-state index contributed by atoms with van der Waals surface area (Å²) in [5.74, 6) is -2.40. The summed E-state index contributed by atoms with van der Waals surface area (Å²) in [5.41, 5.74) is 1.62. The van der Waals surface area contributed by atoms with Crippen LogP contribution in [-0.4, -0.2) is 41.2 Å². The predicted octanol–water partition coefficient (Wildman–Crippen LogP) is 3.33. The van der Waals surface area contributed by atoms with Gasteiger partial charge in [-0.25, -0.2) is 4.79 Å². The molecule has 3 amide bonds. The first-order valence-corrected chi connectivity index (χ1v) is 11.4. The van der Waals surface area contributed by atoms with E-state index in [-0.39, 0.29) is 23.7 Å². The number of ether oxygens (including phenoxy) is 1. The minimum absolute atomic E-state index is 0.296. The highest BCUT2D eigenvalue weighted by Gasteiger charge is 2.51. The molecule has 2 aromatic rings. The lowest BCUT2D eigenvalue weighted by molar-refractivity contribution is -0.159. The Morgan fingerprint density at radius 1 is 0.939 bits per heavy atom. The van der Waals surface area contributed by atoms with Gasteiger partial charge in [0.15, 0.2) is 6.61 Å².